The molecule has 0 saturated carbocycles. The molecule has 2 N–H and O–H groups in total. The summed E-state index contributed by atoms with van der Waals surface area (Å²) in [5.41, 5.74) is 2.64. The molecule has 0 aliphatic heterocycles. The Bertz CT molecular complexity index is 537. The van der Waals surface area contributed by atoms with Gasteiger partial charge in [-0.1, -0.05) is 24.3 Å². The molecule has 21 heavy (non-hydrogen) atoms. The number of ether oxygens (including phenoxy) is 2. The summed E-state index contributed by atoms with van der Waals surface area (Å²) >= 11 is 0. The molecular formula is C18H24NO2+. The molecule has 0 aromatic heterocycles. The number of hydrogen-bond donors (Lipinski definition) is 1. The van der Waals surface area contributed by atoms with Crippen molar-refractivity contribution < 1.29 is 14.8 Å². The van der Waals surface area contributed by atoms with E-state index in [0.717, 1.165) is 31.0 Å². The van der Waals surface area contributed by atoms with Crippen LogP contribution < -0.4 is 14.8 Å². The van der Waals surface area contributed by atoms with Gasteiger partial charge in [-0.15, -0.1) is 0 Å². The summed E-state index contributed by atoms with van der Waals surface area (Å²) < 4.78 is 10.7. The van der Waals surface area contributed by atoms with E-state index < -0.39 is 0 Å². The Morgan fingerprint density at radius 2 is 1.76 bits per heavy atom. The molecule has 2 aromatic carbocycles. The predicted octanol–water partition coefficient (Wildman–Crippen LogP) is 2.40. The van der Waals surface area contributed by atoms with Crippen LogP contribution in [0.3, 0.4) is 0 Å². The van der Waals surface area contributed by atoms with Crippen LogP contribution in [-0.4, -0.2) is 20.3 Å². The van der Waals surface area contributed by atoms with Crippen molar-refractivity contribution in [1.82, 2.24) is 0 Å². The van der Waals surface area contributed by atoms with Gasteiger partial charge in [0.15, 0.2) is 0 Å². The van der Waals surface area contributed by atoms with Crippen LogP contribution in [0.15, 0.2) is 48.5 Å². The highest BCUT2D eigenvalue weighted by Gasteiger charge is 2.00. The summed E-state index contributed by atoms with van der Waals surface area (Å²) in [4.78, 5) is 0. The number of quaternary nitrogens is 1. The van der Waals surface area contributed by atoms with E-state index in [-0.39, 0.29) is 0 Å². The van der Waals surface area contributed by atoms with E-state index in [1.165, 1.54) is 11.1 Å². The molecule has 0 unspecified atom stereocenters. The molecule has 0 aliphatic carbocycles. The van der Waals surface area contributed by atoms with Gasteiger partial charge < -0.3 is 14.8 Å². The minimum atomic E-state index is 0.713. The lowest BCUT2D eigenvalue weighted by molar-refractivity contribution is -0.670. The minimum Gasteiger partial charge on any atom is -0.497 e. The minimum absolute atomic E-state index is 0.713. The Morgan fingerprint density at radius 1 is 0.952 bits per heavy atom. The van der Waals surface area contributed by atoms with Crippen molar-refractivity contribution in [2.75, 3.05) is 20.3 Å². The van der Waals surface area contributed by atoms with Crippen LogP contribution in [0.4, 0.5) is 0 Å². The van der Waals surface area contributed by atoms with E-state index in [1.807, 2.05) is 25.1 Å². The lowest BCUT2D eigenvalue weighted by Gasteiger charge is -2.06. The molecule has 0 fully saturated rings. The normalized spacial score (nSPS) is 10.4. The van der Waals surface area contributed by atoms with Crippen molar-refractivity contribution in [3.05, 3.63) is 59.7 Å². The van der Waals surface area contributed by atoms with Crippen molar-refractivity contribution in [3.8, 4) is 11.5 Å². The van der Waals surface area contributed by atoms with Crippen molar-refractivity contribution >= 4 is 0 Å². The molecule has 0 heterocycles. The lowest BCUT2D eigenvalue weighted by Crippen LogP contribution is -2.83. The molecule has 0 saturated heterocycles. The Balaban J connectivity index is 1.74. The van der Waals surface area contributed by atoms with E-state index in [1.54, 1.807) is 7.11 Å². The van der Waals surface area contributed by atoms with Gasteiger partial charge in [-0.3, -0.25) is 0 Å². The molecule has 0 atom stereocenters. The Hall–Kier alpha value is -2.00. The Kier molecular flexibility index (Phi) is 6.10. The molecule has 3 nitrogen and oxygen atoms in total. The fourth-order valence-electron chi connectivity index (χ4n) is 2.26. The number of nitrogens with two attached hydrogens (primary N) is 1. The topological polar surface area (TPSA) is 35.1 Å². The molecule has 2 rings (SSSR count). The first-order valence-corrected chi connectivity index (χ1v) is 7.48. The van der Waals surface area contributed by atoms with Gasteiger partial charge in [0.25, 0.3) is 0 Å². The second-order valence-corrected chi connectivity index (χ2v) is 4.96. The standard InChI is InChI=1S/C18H23NO2/c1-3-21-18-6-4-5-16(13-18)14-19-12-11-15-7-9-17(20-2)10-8-15/h4-10,13,19H,3,11-12,14H2,1-2H3/p+1. The predicted molar refractivity (Wildman–Crippen MR) is 84.8 cm³/mol. The van der Waals surface area contributed by atoms with Crippen LogP contribution in [0.25, 0.3) is 0 Å². The molecular weight excluding hydrogens is 262 g/mol. The van der Waals surface area contributed by atoms with Crippen molar-refractivity contribution in [3.63, 3.8) is 0 Å². The van der Waals surface area contributed by atoms with Gasteiger partial charge in [0.1, 0.15) is 18.0 Å². The van der Waals surface area contributed by atoms with Crippen molar-refractivity contribution in [2.24, 2.45) is 0 Å². The summed E-state index contributed by atoms with van der Waals surface area (Å²) in [6.07, 6.45) is 1.06. The zero-order valence-electron chi connectivity index (χ0n) is 12.8. The maximum atomic E-state index is 5.52. The van der Waals surface area contributed by atoms with Gasteiger partial charge in [0, 0.05) is 12.0 Å². The van der Waals surface area contributed by atoms with Crippen molar-refractivity contribution in [1.29, 1.82) is 0 Å². The molecule has 0 radical (unpaired) electrons. The fraction of sp³-hybridized carbons (Fsp3) is 0.333. The third-order valence-electron chi connectivity index (χ3n) is 3.39. The highest BCUT2D eigenvalue weighted by Crippen LogP contribution is 2.12. The largest absolute Gasteiger partial charge is 0.497 e. The van der Waals surface area contributed by atoms with Crippen LogP contribution in [0.1, 0.15) is 18.1 Å². The highest BCUT2D eigenvalue weighted by molar-refractivity contribution is 5.28. The maximum absolute atomic E-state index is 5.52. The molecule has 0 bridgehead atoms. The maximum Gasteiger partial charge on any atom is 0.119 e. The third kappa shape index (κ3) is 5.12. The molecule has 0 spiro atoms. The summed E-state index contributed by atoms with van der Waals surface area (Å²) in [7, 11) is 1.69. The smallest absolute Gasteiger partial charge is 0.119 e. The van der Waals surface area contributed by atoms with Gasteiger partial charge in [-0.25, -0.2) is 0 Å². The fourth-order valence-corrected chi connectivity index (χ4v) is 2.26. The molecule has 3 heteroatoms. The third-order valence-corrected chi connectivity index (χ3v) is 3.39. The highest BCUT2D eigenvalue weighted by atomic mass is 16.5. The number of benzene rings is 2. The van der Waals surface area contributed by atoms with E-state index >= 15 is 0 Å². The van der Waals surface area contributed by atoms with Crippen LogP contribution in [0.5, 0.6) is 11.5 Å². The quantitative estimate of drug-likeness (QED) is 0.756. The van der Waals surface area contributed by atoms with E-state index in [0.29, 0.717) is 6.61 Å². The zero-order chi connectivity index (χ0) is 14.9. The monoisotopic (exact) mass is 286 g/mol. The van der Waals surface area contributed by atoms with Gasteiger partial charge in [-0.05, 0) is 36.8 Å². The van der Waals surface area contributed by atoms with Crippen LogP contribution in [-0.2, 0) is 13.0 Å². The average molecular weight is 286 g/mol. The summed E-state index contributed by atoms with van der Waals surface area (Å²) in [6.45, 7) is 4.78. The first-order chi connectivity index (χ1) is 10.3. The number of hydrogen-bond acceptors (Lipinski definition) is 2. The van der Waals surface area contributed by atoms with Gasteiger partial charge in [0.05, 0.1) is 20.3 Å². The van der Waals surface area contributed by atoms with Gasteiger partial charge in [0.2, 0.25) is 0 Å². The van der Waals surface area contributed by atoms with E-state index in [4.69, 9.17) is 9.47 Å². The second kappa shape index (κ2) is 8.32. The average Bonchev–Trinajstić information content (AvgIpc) is 2.53. The molecule has 2 aromatic rings. The van der Waals surface area contributed by atoms with Crippen LogP contribution >= 0.6 is 0 Å². The first-order valence-electron chi connectivity index (χ1n) is 7.48. The van der Waals surface area contributed by atoms with Gasteiger partial charge in [-0.2, -0.15) is 0 Å². The van der Waals surface area contributed by atoms with Crippen molar-refractivity contribution in [2.45, 2.75) is 19.9 Å². The molecule has 0 aliphatic rings. The van der Waals surface area contributed by atoms with E-state index in [9.17, 15) is 0 Å². The summed E-state index contributed by atoms with van der Waals surface area (Å²) in [5.74, 6) is 1.87. The second-order valence-electron chi connectivity index (χ2n) is 4.96. The van der Waals surface area contributed by atoms with E-state index in [2.05, 4.69) is 35.6 Å². The van der Waals surface area contributed by atoms with Crippen LogP contribution in [0, 0.1) is 0 Å². The number of rotatable bonds is 8. The Morgan fingerprint density at radius 3 is 2.48 bits per heavy atom. The molecule has 0 amide bonds. The summed E-state index contributed by atoms with van der Waals surface area (Å²) in [6, 6.07) is 16.6. The Labute approximate surface area is 126 Å². The van der Waals surface area contributed by atoms with Crippen LogP contribution in [0.2, 0.25) is 0 Å². The SMILES string of the molecule is CCOc1cccc(C[NH2+]CCc2ccc(OC)cc2)c1. The van der Waals surface area contributed by atoms with Gasteiger partial charge >= 0.3 is 0 Å². The zero-order valence-corrected chi connectivity index (χ0v) is 12.8. The summed E-state index contributed by atoms with van der Waals surface area (Å²) in [5, 5.41) is 2.33. The molecule has 112 valence electrons. The number of methoxy groups -OCH3 is 1. The lowest BCUT2D eigenvalue weighted by atomic mass is 10.1. The first kappa shape index (κ1) is 15.4.